The van der Waals surface area contributed by atoms with Crippen molar-refractivity contribution in [2.24, 2.45) is 0 Å². The van der Waals surface area contributed by atoms with Gasteiger partial charge in [-0.2, -0.15) is 0 Å². The van der Waals surface area contributed by atoms with Crippen LogP contribution in [-0.2, 0) is 19.4 Å². The molecular weight excluding hydrogens is 324 g/mol. The molecule has 1 aromatic heterocycles. The molecule has 0 fully saturated rings. The molecule has 2 aromatic carbocycles. The molecule has 0 aliphatic carbocycles. The SMILES string of the molecule is O=C(Nc1ccc(Cc2nnc3n2CCCCC3)cc1)c1ccccc1. The largest absolute Gasteiger partial charge is 0.322 e. The second-order valence-electron chi connectivity index (χ2n) is 6.69. The third kappa shape index (κ3) is 3.67. The third-order valence-electron chi connectivity index (χ3n) is 4.80. The first-order valence-electron chi connectivity index (χ1n) is 9.16. The molecule has 0 atom stereocenters. The van der Waals surface area contributed by atoms with Crippen molar-refractivity contribution in [3.05, 3.63) is 77.4 Å². The maximum atomic E-state index is 12.2. The predicted molar refractivity (Wildman–Crippen MR) is 101 cm³/mol. The molecule has 2 heterocycles. The summed E-state index contributed by atoms with van der Waals surface area (Å²) in [6, 6.07) is 17.2. The first-order chi connectivity index (χ1) is 12.8. The van der Waals surface area contributed by atoms with Gasteiger partial charge in [-0.05, 0) is 42.7 Å². The highest BCUT2D eigenvalue weighted by molar-refractivity contribution is 6.04. The lowest BCUT2D eigenvalue weighted by Gasteiger charge is -2.08. The van der Waals surface area contributed by atoms with Crippen LogP contribution in [0.1, 0.15) is 46.8 Å². The van der Waals surface area contributed by atoms with Crippen molar-refractivity contribution in [2.45, 2.75) is 38.6 Å². The van der Waals surface area contributed by atoms with Gasteiger partial charge in [0.25, 0.3) is 5.91 Å². The summed E-state index contributed by atoms with van der Waals surface area (Å²) in [7, 11) is 0. The van der Waals surface area contributed by atoms with E-state index in [-0.39, 0.29) is 5.91 Å². The molecule has 0 saturated heterocycles. The predicted octanol–water partition coefficient (Wildman–Crippen LogP) is 3.85. The number of aryl methyl sites for hydroxylation is 1. The lowest BCUT2D eigenvalue weighted by Crippen LogP contribution is -2.11. The van der Waals surface area contributed by atoms with E-state index in [2.05, 4.69) is 20.1 Å². The van der Waals surface area contributed by atoms with Crippen molar-refractivity contribution < 1.29 is 4.79 Å². The van der Waals surface area contributed by atoms with Crippen LogP contribution in [0.3, 0.4) is 0 Å². The van der Waals surface area contributed by atoms with E-state index >= 15 is 0 Å². The van der Waals surface area contributed by atoms with Gasteiger partial charge >= 0.3 is 0 Å². The molecule has 1 amide bonds. The van der Waals surface area contributed by atoms with Crippen LogP contribution in [0.5, 0.6) is 0 Å². The van der Waals surface area contributed by atoms with Gasteiger partial charge in [-0.3, -0.25) is 4.79 Å². The summed E-state index contributed by atoms with van der Waals surface area (Å²) in [4.78, 5) is 12.2. The molecule has 26 heavy (non-hydrogen) atoms. The number of hydrogen-bond acceptors (Lipinski definition) is 3. The number of hydrogen-bond donors (Lipinski definition) is 1. The molecule has 0 spiro atoms. The summed E-state index contributed by atoms with van der Waals surface area (Å²) < 4.78 is 2.28. The topological polar surface area (TPSA) is 59.8 Å². The number of aromatic nitrogens is 3. The van der Waals surface area contributed by atoms with Crippen LogP contribution in [0.15, 0.2) is 54.6 Å². The number of anilines is 1. The highest BCUT2D eigenvalue weighted by Gasteiger charge is 2.15. The number of carbonyl (C=O) groups is 1. The maximum absolute atomic E-state index is 12.2. The van der Waals surface area contributed by atoms with Crippen LogP contribution in [0, 0.1) is 0 Å². The maximum Gasteiger partial charge on any atom is 0.255 e. The summed E-state index contributed by atoms with van der Waals surface area (Å²) in [6.07, 6.45) is 5.45. The van der Waals surface area contributed by atoms with Crippen LogP contribution < -0.4 is 5.32 Å². The zero-order valence-corrected chi connectivity index (χ0v) is 14.7. The second kappa shape index (κ2) is 7.52. The molecule has 3 aromatic rings. The van der Waals surface area contributed by atoms with E-state index in [1.165, 1.54) is 24.8 Å². The molecule has 1 aliphatic rings. The van der Waals surface area contributed by atoms with E-state index < -0.39 is 0 Å². The number of amides is 1. The molecule has 5 nitrogen and oxygen atoms in total. The van der Waals surface area contributed by atoms with E-state index in [1.54, 1.807) is 12.1 Å². The molecule has 4 rings (SSSR count). The van der Waals surface area contributed by atoms with Crippen molar-refractivity contribution in [2.75, 3.05) is 5.32 Å². The normalized spacial score (nSPS) is 13.7. The van der Waals surface area contributed by atoms with E-state index in [0.29, 0.717) is 5.56 Å². The van der Waals surface area contributed by atoms with Crippen molar-refractivity contribution in [1.82, 2.24) is 14.8 Å². The number of carbonyl (C=O) groups excluding carboxylic acids is 1. The van der Waals surface area contributed by atoms with Crippen molar-refractivity contribution >= 4 is 11.6 Å². The Balaban J connectivity index is 1.44. The van der Waals surface area contributed by atoms with Crippen LogP contribution in [0.2, 0.25) is 0 Å². The average molecular weight is 346 g/mol. The van der Waals surface area contributed by atoms with Gasteiger partial charge in [0.15, 0.2) is 0 Å². The molecule has 1 aliphatic heterocycles. The minimum atomic E-state index is -0.0962. The van der Waals surface area contributed by atoms with E-state index in [9.17, 15) is 4.79 Å². The van der Waals surface area contributed by atoms with E-state index in [1.807, 2.05) is 42.5 Å². The molecule has 0 bridgehead atoms. The van der Waals surface area contributed by atoms with Gasteiger partial charge in [0.1, 0.15) is 11.6 Å². The standard InChI is InChI=1S/C21H22N4O/c26-21(17-7-3-1-4-8-17)22-18-12-10-16(11-13-18)15-20-24-23-19-9-5-2-6-14-25(19)20/h1,3-4,7-8,10-13H,2,5-6,9,14-15H2,(H,22,26). The lowest BCUT2D eigenvalue weighted by atomic mass is 10.1. The fraction of sp³-hybridized carbons (Fsp3) is 0.286. The second-order valence-corrected chi connectivity index (χ2v) is 6.69. The number of rotatable bonds is 4. The van der Waals surface area contributed by atoms with E-state index in [4.69, 9.17) is 0 Å². The summed E-state index contributed by atoms with van der Waals surface area (Å²) in [5, 5.41) is 11.7. The van der Waals surface area contributed by atoms with Crippen LogP contribution >= 0.6 is 0 Å². The Hall–Kier alpha value is -2.95. The number of fused-ring (bicyclic) bond motifs is 1. The summed E-state index contributed by atoms with van der Waals surface area (Å²) in [6.45, 7) is 1.02. The van der Waals surface area contributed by atoms with Gasteiger partial charge < -0.3 is 9.88 Å². The summed E-state index contributed by atoms with van der Waals surface area (Å²) >= 11 is 0. The number of benzene rings is 2. The highest BCUT2D eigenvalue weighted by Crippen LogP contribution is 2.18. The van der Waals surface area contributed by atoms with Gasteiger partial charge in [0, 0.05) is 30.6 Å². The Morgan fingerprint density at radius 1 is 0.962 bits per heavy atom. The fourth-order valence-electron chi connectivity index (χ4n) is 3.36. The van der Waals surface area contributed by atoms with Crippen molar-refractivity contribution in [1.29, 1.82) is 0 Å². The Labute approximate surface area is 153 Å². The van der Waals surface area contributed by atoms with Crippen LogP contribution in [-0.4, -0.2) is 20.7 Å². The van der Waals surface area contributed by atoms with Crippen molar-refractivity contribution in [3.63, 3.8) is 0 Å². The smallest absolute Gasteiger partial charge is 0.255 e. The van der Waals surface area contributed by atoms with Gasteiger partial charge in [-0.1, -0.05) is 36.8 Å². The Kier molecular flexibility index (Phi) is 4.78. The van der Waals surface area contributed by atoms with Crippen LogP contribution in [0.25, 0.3) is 0 Å². The third-order valence-corrected chi connectivity index (χ3v) is 4.80. The van der Waals surface area contributed by atoms with Crippen LogP contribution in [0.4, 0.5) is 5.69 Å². The van der Waals surface area contributed by atoms with Gasteiger partial charge in [0.2, 0.25) is 0 Å². The lowest BCUT2D eigenvalue weighted by molar-refractivity contribution is 0.102. The zero-order valence-electron chi connectivity index (χ0n) is 14.7. The fourth-order valence-corrected chi connectivity index (χ4v) is 3.36. The highest BCUT2D eigenvalue weighted by atomic mass is 16.1. The average Bonchev–Trinajstić information content (AvgIpc) is 2.90. The Bertz CT molecular complexity index is 884. The summed E-state index contributed by atoms with van der Waals surface area (Å²) in [5.74, 6) is 2.05. The molecule has 0 radical (unpaired) electrons. The molecular formula is C21H22N4O. The molecule has 0 unspecified atom stereocenters. The minimum Gasteiger partial charge on any atom is -0.322 e. The Morgan fingerprint density at radius 2 is 1.77 bits per heavy atom. The molecule has 1 N–H and O–H groups in total. The molecule has 132 valence electrons. The number of nitrogens with zero attached hydrogens (tertiary/aromatic N) is 3. The van der Waals surface area contributed by atoms with E-state index in [0.717, 1.165) is 36.7 Å². The summed E-state index contributed by atoms with van der Waals surface area (Å²) in [5.41, 5.74) is 2.62. The first-order valence-corrected chi connectivity index (χ1v) is 9.16. The van der Waals surface area contributed by atoms with Crippen molar-refractivity contribution in [3.8, 4) is 0 Å². The number of nitrogens with one attached hydrogen (secondary N) is 1. The van der Waals surface area contributed by atoms with Gasteiger partial charge in [-0.15, -0.1) is 10.2 Å². The zero-order chi connectivity index (χ0) is 17.8. The van der Waals surface area contributed by atoms with Gasteiger partial charge in [0.05, 0.1) is 0 Å². The minimum absolute atomic E-state index is 0.0962. The molecule has 5 heteroatoms. The molecule has 0 saturated carbocycles. The first kappa shape index (κ1) is 16.5. The Morgan fingerprint density at radius 3 is 2.58 bits per heavy atom. The van der Waals surface area contributed by atoms with Gasteiger partial charge in [-0.25, -0.2) is 0 Å². The quantitative estimate of drug-likeness (QED) is 0.781. The monoisotopic (exact) mass is 346 g/mol.